The van der Waals surface area contributed by atoms with E-state index in [1.807, 2.05) is 42.2 Å². The van der Waals surface area contributed by atoms with Gasteiger partial charge in [-0.05, 0) is 29.8 Å². The van der Waals surface area contributed by atoms with Crippen molar-refractivity contribution in [2.75, 3.05) is 6.54 Å². The molecule has 21 heavy (non-hydrogen) atoms. The second kappa shape index (κ2) is 6.90. The summed E-state index contributed by atoms with van der Waals surface area (Å²) < 4.78 is 0. The Bertz CT molecular complexity index is 581. The van der Waals surface area contributed by atoms with Crippen LogP contribution in [0.3, 0.4) is 0 Å². The lowest BCUT2D eigenvalue weighted by Crippen LogP contribution is -2.33. The van der Waals surface area contributed by atoms with Crippen LogP contribution in [0.4, 0.5) is 0 Å². The van der Waals surface area contributed by atoms with Gasteiger partial charge in [-0.1, -0.05) is 49.4 Å². The van der Waals surface area contributed by atoms with Crippen molar-refractivity contribution in [2.45, 2.75) is 19.5 Å². The molecule has 2 N–H and O–H groups in total. The smallest absolute Gasteiger partial charge is 0.325 e. The number of aromatic hydroxyl groups is 1. The summed E-state index contributed by atoms with van der Waals surface area (Å²) in [6, 6.07) is 15.4. The summed E-state index contributed by atoms with van der Waals surface area (Å²) in [7, 11) is 0. The molecule has 0 bridgehead atoms. The van der Waals surface area contributed by atoms with Gasteiger partial charge in [0.25, 0.3) is 0 Å². The number of hydrogen-bond acceptors (Lipinski definition) is 3. The van der Waals surface area contributed by atoms with E-state index in [1.165, 1.54) is 12.1 Å². The van der Waals surface area contributed by atoms with E-state index in [-0.39, 0.29) is 5.75 Å². The summed E-state index contributed by atoms with van der Waals surface area (Å²) in [5.74, 6) is -0.757. The first-order valence-corrected chi connectivity index (χ1v) is 6.91. The van der Waals surface area contributed by atoms with E-state index in [4.69, 9.17) is 0 Å². The molecule has 0 saturated heterocycles. The molecule has 0 aliphatic carbocycles. The number of benzene rings is 2. The third-order valence-electron chi connectivity index (χ3n) is 3.44. The highest BCUT2D eigenvalue weighted by atomic mass is 16.4. The van der Waals surface area contributed by atoms with Crippen molar-refractivity contribution in [3.8, 4) is 5.75 Å². The van der Waals surface area contributed by atoms with Crippen molar-refractivity contribution >= 4 is 5.97 Å². The topological polar surface area (TPSA) is 60.8 Å². The highest BCUT2D eigenvalue weighted by Crippen LogP contribution is 2.24. The van der Waals surface area contributed by atoms with Crippen molar-refractivity contribution < 1.29 is 15.0 Å². The van der Waals surface area contributed by atoms with E-state index in [9.17, 15) is 15.0 Å². The standard InChI is InChI=1S/C17H19NO3/c1-2-18(12-13-6-4-3-5-7-13)16(17(20)21)14-8-10-15(19)11-9-14/h3-11,16,19H,2,12H2,1H3,(H,20,21). The minimum Gasteiger partial charge on any atom is -0.508 e. The van der Waals surface area contributed by atoms with Crippen molar-refractivity contribution in [3.63, 3.8) is 0 Å². The maximum atomic E-state index is 11.7. The molecule has 1 unspecified atom stereocenters. The molecule has 0 heterocycles. The molecule has 0 radical (unpaired) electrons. The molecule has 2 aromatic rings. The SMILES string of the molecule is CCN(Cc1ccccc1)C(C(=O)O)c1ccc(O)cc1. The Morgan fingerprint density at radius 2 is 1.71 bits per heavy atom. The van der Waals surface area contributed by atoms with Crippen LogP contribution in [-0.4, -0.2) is 27.6 Å². The van der Waals surface area contributed by atoms with Gasteiger partial charge in [0, 0.05) is 6.54 Å². The number of carboxylic acids is 1. The third-order valence-corrected chi connectivity index (χ3v) is 3.44. The minimum atomic E-state index is -0.890. The zero-order valence-electron chi connectivity index (χ0n) is 11.9. The summed E-state index contributed by atoms with van der Waals surface area (Å²) >= 11 is 0. The fourth-order valence-corrected chi connectivity index (χ4v) is 2.37. The lowest BCUT2D eigenvalue weighted by Gasteiger charge is -2.28. The summed E-state index contributed by atoms with van der Waals surface area (Å²) in [6.07, 6.45) is 0. The number of likely N-dealkylation sites (N-methyl/N-ethyl adjacent to an activating group) is 1. The first-order valence-electron chi connectivity index (χ1n) is 6.91. The Kier molecular flexibility index (Phi) is 4.95. The van der Waals surface area contributed by atoms with Crippen molar-refractivity contribution in [1.29, 1.82) is 0 Å². The van der Waals surface area contributed by atoms with E-state index in [0.717, 1.165) is 5.56 Å². The number of aliphatic carboxylic acids is 1. The lowest BCUT2D eigenvalue weighted by atomic mass is 10.0. The average molecular weight is 285 g/mol. The largest absolute Gasteiger partial charge is 0.508 e. The Hall–Kier alpha value is -2.33. The van der Waals surface area contributed by atoms with Crippen molar-refractivity contribution in [2.24, 2.45) is 0 Å². The summed E-state index contributed by atoms with van der Waals surface area (Å²) in [6.45, 7) is 3.13. The molecule has 0 aliphatic heterocycles. The Morgan fingerprint density at radius 3 is 2.24 bits per heavy atom. The monoisotopic (exact) mass is 285 g/mol. The number of rotatable bonds is 6. The van der Waals surface area contributed by atoms with Crippen LogP contribution in [0, 0.1) is 0 Å². The van der Waals surface area contributed by atoms with Crippen LogP contribution in [0.15, 0.2) is 54.6 Å². The number of carboxylic acid groups (broad SMARTS) is 1. The van der Waals surface area contributed by atoms with Gasteiger partial charge in [0.1, 0.15) is 11.8 Å². The van der Waals surface area contributed by atoms with Gasteiger partial charge < -0.3 is 10.2 Å². The van der Waals surface area contributed by atoms with Gasteiger partial charge in [0.15, 0.2) is 0 Å². The van der Waals surface area contributed by atoms with E-state index in [0.29, 0.717) is 18.7 Å². The number of hydrogen-bond donors (Lipinski definition) is 2. The molecule has 2 rings (SSSR count). The summed E-state index contributed by atoms with van der Waals surface area (Å²) in [5, 5.41) is 18.9. The molecule has 1 atom stereocenters. The Balaban J connectivity index is 2.26. The molecule has 110 valence electrons. The van der Waals surface area contributed by atoms with Gasteiger partial charge in [0.2, 0.25) is 0 Å². The molecule has 0 aromatic heterocycles. The van der Waals surface area contributed by atoms with Gasteiger partial charge >= 0.3 is 5.97 Å². The first-order chi connectivity index (χ1) is 10.1. The number of phenolic OH excluding ortho intramolecular Hbond substituents is 1. The molecule has 0 fully saturated rings. The maximum absolute atomic E-state index is 11.7. The fraction of sp³-hybridized carbons (Fsp3) is 0.235. The zero-order chi connectivity index (χ0) is 15.2. The Morgan fingerprint density at radius 1 is 1.10 bits per heavy atom. The Labute approximate surface area is 124 Å². The zero-order valence-corrected chi connectivity index (χ0v) is 11.9. The quantitative estimate of drug-likeness (QED) is 0.856. The predicted octanol–water partition coefficient (Wildman–Crippen LogP) is 3.04. The molecule has 0 spiro atoms. The van der Waals surface area contributed by atoms with E-state index in [2.05, 4.69) is 0 Å². The minimum absolute atomic E-state index is 0.133. The summed E-state index contributed by atoms with van der Waals surface area (Å²) in [4.78, 5) is 13.6. The second-order valence-electron chi connectivity index (χ2n) is 4.88. The summed E-state index contributed by atoms with van der Waals surface area (Å²) in [5.41, 5.74) is 1.74. The van der Waals surface area contributed by atoms with E-state index < -0.39 is 12.0 Å². The fourth-order valence-electron chi connectivity index (χ4n) is 2.37. The van der Waals surface area contributed by atoms with Gasteiger partial charge in [-0.2, -0.15) is 0 Å². The molecular weight excluding hydrogens is 266 g/mol. The maximum Gasteiger partial charge on any atom is 0.325 e. The van der Waals surface area contributed by atoms with Crippen LogP contribution in [0.2, 0.25) is 0 Å². The molecule has 0 saturated carbocycles. The highest BCUT2D eigenvalue weighted by molar-refractivity contribution is 5.75. The lowest BCUT2D eigenvalue weighted by molar-refractivity contribution is -0.143. The molecule has 0 amide bonds. The predicted molar refractivity (Wildman–Crippen MR) is 81.0 cm³/mol. The van der Waals surface area contributed by atoms with Crippen LogP contribution >= 0.6 is 0 Å². The van der Waals surface area contributed by atoms with Crippen LogP contribution in [0.25, 0.3) is 0 Å². The van der Waals surface area contributed by atoms with Crippen LogP contribution in [-0.2, 0) is 11.3 Å². The van der Waals surface area contributed by atoms with E-state index >= 15 is 0 Å². The van der Waals surface area contributed by atoms with Crippen molar-refractivity contribution in [1.82, 2.24) is 4.90 Å². The van der Waals surface area contributed by atoms with Crippen molar-refractivity contribution in [3.05, 3.63) is 65.7 Å². The molecular formula is C17H19NO3. The molecule has 4 nitrogen and oxygen atoms in total. The van der Waals surface area contributed by atoms with Gasteiger partial charge in [0.05, 0.1) is 0 Å². The van der Waals surface area contributed by atoms with Crippen LogP contribution < -0.4 is 0 Å². The highest BCUT2D eigenvalue weighted by Gasteiger charge is 2.26. The van der Waals surface area contributed by atoms with Gasteiger partial charge in [-0.3, -0.25) is 9.69 Å². The average Bonchev–Trinajstić information content (AvgIpc) is 2.49. The number of nitrogens with zero attached hydrogens (tertiary/aromatic N) is 1. The first kappa shape index (κ1) is 15.1. The van der Waals surface area contributed by atoms with Gasteiger partial charge in [-0.15, -0.1) is 0 Å². The molecule has 4 heteroatoms. The van der Waals surface area contributed by atoms with Gasteiger partial charge in [-0.25, -0.2) is 0 Å². The van der Waals surface area contributed by atoms with Crippen LogP contribution in [0.1, 0.15) is 24.1 Å². The molecule has 2 aromatic carbocycles. The third kappa shape index (κ3) is 3.83. The number of carbonyl (C=O) groups is 1. The van der Waals surface area contributed by atoms with E-state index in [1.54, 1.807) is 12.1 Å². The second-order valence-corrected chi connectivity index (χ2v) is 4.88. The normalized spacial score (nSPS) is 12.3. The molecule has 0 aliphatic rings. The number of phenols is 1. The van der Waals surface area contributed by atoms with Crippen LogP contribution in [0.5, 0.6) is 5.75 Å².